The van der Waals surface area contributed by atoms with Crippen molar-refractivity contribution >= 4 is 33.0 Å². The van der Waals surface area contributed by atoms with Gasteiger partial charge in [-0.05, 0) is 48.9 Å². The minimum atomic E-state index is -3.67. The molecule has 0 spiro atoms. The number of rotatable bonds is 6. The zero-order valence-corrected chi connectivity index (χ0v) is 19.5. The number of benzene rings is 3. The highest BCUT2D eigenvalue weighted by Gasteiger charge is 2.27. The molecule has 3 aromatic rings. The van der Waals surface area contributed by atoms with Crippen molar-refractivity contribution in [2.24, 2.45) is 0 Å². The van der Waals surface area contributed by atoms with E-state index in [4.69, 9.17) is 4.74 Å². The van der Waals surface area contributed by atoms with E-state index in [-0.39, 0.29) is 10.8 Å². The van der Waals surface area contributed by atoms with Crippen LogP contribution in [0.4, 0.5) is 17.1 Å². The summed E-state index contributed by atoms with van der Waals surface area (Å²) in [6, 6.07) is 21.9. The highest BCUT2D eigenvalue weighted by atomic mass is 32.2. The summed E-state index contributed by atoms with van der Waals surface area (Å²) in [4.78, 5) is 15.4. The molecule has 0 aliphatic carbocycles. The monoisotopic (exact) mass is 465 g/mol. The first-order chi connectivity index (χ1) is 15.9. The number of aryl methyl sites for hydroxylation is 1. The Kier molecular flexibility index (Phi) is 6.78. The molecule has 7 nitrogen and oxygen atoms in total. The van der Waals surface area contributed by atoms with Crippen molar-refractivity contribution in [3.05, 3.63) is 83.9 Å². The third kappa shape index (κ3) is 4.93. The van der Waals surface area contributed by atoms with Gasteiger partial charge in [0.25, 0.3) is 5.91 Å². The Morgan fingerprint density at radius 1 is 0.970 bits per heavy atom. The molecule has 1 heterocycles. The molecule has 0 aromatic heterocycles. The number of nitrogens with one attached hydrogen (secondary N) is 1. The molecule has 0 bridgehead atoms. The number of morpholine rings is 1. The normalized spacial score (nSPS) is 14.6. The van der Waals surface area contributed by atoms with Gasteiger partial charge in [-0.25, -0.2) is 8.42 Å². The van der Waals surface area contributed by atoms with Crippen molar-refractivity contribution in [2.75, 3.05) is 43.6 Å². The second-order valence-corrected chi connectivity index (χ2v) is 9.80. The van der Waals surface area contributed by atoms with Crippen LogP contribution >= 0.6 is 0 Å². The van der Waals surface area contributed by atoms with Crippen LogP contribution in [0.3, 0.4) is 0 Å². The first-order valence-electron chi connectivity index (χ1n) is 10.8. The van der Waals surface area contributed by atoms with Gasteiger partial charge in [-0.3, -0.25) is 4.79 Å². The van der Waals surface area contributed by atoms with Crippen molar-refractivity contribution in [1.82, 2.24) is 4.31 Å². The van der Waals surface area contributed by atoms with Crippen LogP contribution in [0.5, 0.6) is 0 Å². The van der Waals surface area contributed by atoms with Gasteiger partial charge in [0, 0.05) is 31.5 Å². The Bertz CT molecular complexity index is 1240. The van der Waals surface area contributed by atoms with E-state index >= 15 is 0 Å². The van der Waals surface area contributed by atoms with Gasteiger partial charge in [-0.2, -0.15) is 4.31 Å². The Hall–Kier alpha value is -3.20. The molecule has 3 aromatic carbocycles. The number of hydrogen-bond acceptors (Lipinski definition) is 5. The molecular weight excluding hydrogens is 438 g/mol. The third-order valence-electron chi connectivity index (χ3n) is 5.72. The fourth-order valence-electron chi connectivity index (χ4n) is 3.77. The van der Waals surface area contributed by atoms with Gasteiger partial charge in [-0.1, -0.05) is 36.4 Å². The van der Waals surface area contributed by atoms with Gasteiger partial charge in [0.2, 0.25) is 10.0 Å². The molecule has 1 aliphatic rings. The lowest BCUT2D eigenvalue weighted by molar-refractivity contribution is 0.0730. The van der Waals surface area contributed by atoms with E-state index in [1.54, 1.807) is 18.2 Å². The molecule has 1 N–H and O–H groups in total. The van der Waals surface area contributed by atoms with Gasteiger partial charge in [0.15, 0.2) is 0 Å². The zero-order valence-electron chi connectivity index (χ0n) is 18.7. The van der Waals surface area contributed by atoms with Crippen LogP contribution < -0.4 is 10.2 Å². The number of para-hydroxylation sites is 2. The summed E-state index contributed by atoms with van der Waals surface area (Å²) in [7, 11) is -1.76. The Balaban J connectivity index is 1.62. The first kappa shape index (κ1) is 23.0. The second-order valence-electron chi connectivity index (χ2n) is 7.86. The van der Waals surface area contributed by atoms with Crippen molar-refractivity contribution in [1.29, 1.82) is 0 Å². The average Bonchev–Trinajstić information content (AvgIpc) is 2.86. The SMILES string of the molecule is Cc1ccc(S(=O)(=O)N2CCOCC2)cc1NC(=O)c1ccccc1N(C)c1ccccc1. The summed E-state index contributed by atoms with van der Waals surface area (Å²) >= 11 is 0. The predicted molar refractivity (Wildman–Crippen MR) is 130 cm³/mol. The van der Waals surface area contributed by atoms with E-state index in [2.05, 4.69) is 5.32 Å². The van der Waals surface area contributed by atoms with Crippen LogP contribution in [0.1, 0.15) is 15.9 Å². The van der Waals surface area contributed by atoms with Crippen LogP contribution in [0, 0.1) is 6.92 Å². The van der Waals surface area contributed by atoms with E-state index in [0.29, 0.717) is 37.6 Å². The smallest absolute Gasteiger partial charge is 0.257 e. The fourth-order valence-corrected chi connectivity index (χ4v) is 5.21. The van der Waals surface area contributed by atoms with Crippen LogP contribution in [-0.4, -0.2) is 52.0 Å². The molecule has 0 radical (unpaired) electrons. The van der Waals surface area contributed by atoms with E-state index in [0.717, 1.165) is 16.9 Å². The molecule has 1 aliphatic heterocycles. The van der Waals surface area contributed by atoms with E-state index in [1.807, 2.05) is 67.4 Å². The zero-order chi connectivity index (χ0) is 23.4. The molecule has 8 heteroatoms. The van der Waals surface area contributed by atoms with Crippen LogP contribution in [0.2, 0.25) is 0 Å². The predicted octanol–water partition coefficient (Wildman–Crippen LogP) is 4.04. The van der Waals surface area contributed by atoms with E-state index in [9.17, 15) is 13.2 Å². The Labute approximate surface area is 194 Å². The maximum absolute atomic E-state index is 13.3. The summed E-state index contributed by atoms with van der Waals surface area (Å²) in [6.45, 7) is 3.22. The second kappa shape index (κ2) is 9.74. The number of sulfonamides is 1. The molecule has 4 rings (SSSR count). The Morgan fingerprint density at radius 3 is 2.36 bits per heavy atom. The lowest BCUT2D eigenvalue weighted by atomic mass is 10.1. The van der Waals surface area contributed by atoms with Crippen molar-refractivity contribution in [3.63, 3.8) is 0 Å². The summed E-state index contributed by atoms with van der Waals surface area (Å²) in [5.74, 6) is -0.308. The maximum Gasteiger partial charge on any atom is 0.257 e. The standard InChI is InChI=1S/C25H27N3O4S/c1-19-12-13-21(33(30,31)28-14-16-32-17-15-28)18-23(19)26-25(29)22-10-6-7-11-24(22)27(2)20-8-4-3-5-9-20/h3-13,18H,14-17H2,1-2H3,(H,26,29). The molecular formula is C25H27N3O4S. The summed E-state index contributed by atoms with van der Waals surface area (Å²) in [5, 5.41) is 2.92. The lowest BCUT2D eigenvalue weighted by Gasteiger charge is -2.26. The quantitative estimate of drug-likeness (QED) is 0.595. The number of carbonyl (C=O) groups is 1. The van der Waals surface area contributed by atoms with Crippen molar-refractivity contribution in [3.8, 4) is 0 Å². The van der Waals surface area contributed by atoms with E-state index < -0.39 is 10.0 Å². The molecule has 33 heavy (non-hydrogen) atoms. The third-order valence-corrected chi connectivity index (χ3v) is 7.61. The molecule has 1 saturated heterocycles. The lowest BCUT2D eigenvalue weighted by Crippen LogP contribution is -2.40. The number of anilines is 3. The number of carbonyl (C=O) groups excluding carboxylic acids is 1. The van der Waals surface area contributed by atoms with Crippen molar-refractivity contribution in [2.45, 2.75) is 11.8 Å². The highest BCUT2D eigenvalue weighted by molar-refractivity contribution is 7.89. The van der Waals surface area contributed by atoms with Gasteiger partial charge in [0.05, 0.1) is 29.4 Å². The van der Waals surface area contributed by atoms with Crippen LogP contribution in [-0.2, 0) is 14.8 Å². The molecule has 0 saturated carbocycles. The summed E-state index contributed by atoms with van der Waals surface area (Å²) in [6.07, 6.45) is 0. The first-order valence-corrected chi connectivity index (χ1v) is 12.2. The topological polar surface area (TPSA) is 79.0 Å². The number of nitrogens with zero attached hydrogens (tertiary/aromatic N) is 2. The highest BCUT2D eigenvalue weighted by Crippen LogP contribution is 2.29. The molecule has 172 valence electrons. The molecule has 0 atom stereocenters. The fraction of sp³-hybridized carbons (Fsp3) is 0.240. The van der Waals surface area contributed by atoms with E-state index in [1.165, 1.54) is 10.4 Å². The maximum atomic E-state index is 13.3. The van der Waals surface area contributed by atoms with Gasteiger partial charge < -0.3 is 15.0 Å². The average molecular weight is 466 g/mol. The largest absolute Gasteiger partial charge is 0.379 e. The summed E-state index contributed by atoms with van der Waals surface area (Å²) < 4.78 is 32.8. The number of hydrogen-bond donors (Lipinski definition) is 1. The van der Waals surface area contributed by atoms with Gasteiger partial charge >= 0.3 is 0 Å². The molecule has 1 amide bonds. The van der Waals surface area contributed by atoms with Crippen LogP contribution in [0.15, 0.2) is 77.7 Å². The minimum Gasteiger partial charge on any atom is -0.379 e. The molecule has 0 unspecified atom stereocenters. The number of ether oxygens (including phenoxy) is 1. The molecule has 1 fully saturated rings. The number of amides is 1. The Morgan fingerprint density at radius 2 is 1.64 bits per heavy atom. The minimum absolute atomic E-state index is 0.153. The van der Waals surface area contributed by atoms with Gasteiger partial charge in [-0.15, -0.1) is 0 Å². The summed E-state index contributed by atoms with van der Waals surface area (Å²) in [5.41, 5.74) is 3.43. The van der Waals surface area contributed by atoms with Crippen molar-refractivity contribution < 1.29 is 17.9 Å². The van der Waals surface area contributed by atoms with Gasteiger partial charge in [0.1, 0.15) is 0 Å². The van der Waals surface area contributed by atoms with Crippen LogP contribution in [0.25, 0.3) is 0 Å².